The molecular weight excluding hydrogens is 1150 g/mol. The highest BCUT2D eigenvalue weighted by Gasteiger charge is 2.27. The number of likely N-dealkylation sites (N-methyl/N-ethyl adjacent to an activating group) is 2. The first-order valence-corrected chi connectivity index (χ1v) is 38.6. The van der Waals surface area contributed by atoms with Crippen molar-refractivity contribution in [3.8, 4) is 0 Å². The van der Waals surface area contributed by atoms with Crippen molar-refractivity contribution in [3.63, 3.8) is 0 Å². The lowest BCUT2D eigenvalue weighted by molar-refractivity contribution is -0.914. The van der Waals surface area contributed by atoms with Crippen molar-refractivity contribution in [2.75, 3.05) is 107 Å². The number of halogens is 2. The van der Waals surface area contributed by atoms with Gasteiger partial charge in [0.15, 0.2) is 6.10 Å². The number of nitrogens with one attached hydrogen (secondary N) is 3. The summed E-state index contributed by atoms with van der Waals surface area (Å²) in [6, 6.07) is 0. The Morgan fingerprint density at radius 1 is 0.416 bits per heavy atom. The third-order valence-electron chi connectivity index (χ3n) is 17.6. The van der Waals surface area contributed by atoms with Crippen LogP contribution >= 0.6 is 24.0 Å². The van der Waals surface area contributed by atoms with Crippen LogP contribution < -0.4 is 16.0 Å². The lowest BCUT2D eigenvalue weighted by Gasteiger charge is -2.36. The maximum Gasteiger partial charge on any atom is 0.219 e. The highest BCUT2D eigenvalue weighted by molar-refractivity contribution is 6.18. The van der Waals surface area contributed by atoms with E-state index < -0.39 is 0 Å². The summed E-state index contributed by atoms with van der Waals surface area (Å²) in [4.78, 5) is 38.6. The predicted octanol–water partition coefficient (Wildman–Crippen LogP) is 20.0. The Bertz CT molecular complexity index is 1370. The Kier molecular flexibility index (Phi) is 76.8. The molecule has 1 atom stereocenters. The second-order valence-electron chi connectivity index (χ2n) is 28.5. The minimum absolute atomic E-state index is 0. The third kappa shape index (κ3) is 81.0. The molecule has 1 aliphatic heterocycles. The summed E-state index contributed by atoms with van der Waals surface area (Å²) < 4.78 is 6.21. The molecule has 0 aromatic heterocycles. The molecule has 11 nitrogen and oxygen atoms in total. The number of epoxide rings is 1. The van der Waals surface area contributed by atoms with Crippen LogP contribution in [0.25, 0.3) is 0 Å². The maximum atomic E-state index is 12.4. The summed E-state index contributed by atoms with van der Waals surface area (Å²) in [5, 5.41) is 20.2. The second kappa shape index (κ2) is 72.6. The first kappa shape index (κ1) is 94.2. The summed E-state index contributed by atoms with van der Waals surface area (Å²) in [7, 11) is 12.8. The number of ether oxygens (including phenoxy) is 1. The molecule has 0 aromatic rings. The van der Waals surface area contributed by atoms with Crippen LogP contribution in [0.3, 0.4) is 0 Å². The quantitative estimate of drug-likeness (QED) is 0.0208. The van der Waals surface area contributed by atoms with Gasteiger partial charge >= 0.3 is 0 Å². The Morgan fingerprint density at radius 2 is 0.629 bits per heavy atom. The van der Waals surface area contributed by atoms with Crippen LogP contribution in [0.2, 0.25) is 0 Å². The van der Waals surface area contributed by atoms with Crippen LogP contribution in [-0.4, -0.2) is 156 Å². The summed E-state index contributed by atoms with van der Waals surface area (Å²) in [5.41, 5.74) is 0. The molecule has 3 amide bonds. The van der Waals surface area contributed by atoms with Crippen LogP contribution in [0.5, 0.6) is 0 Å². The van der Waals surface area contributed by atoms with Gasteiger partial charge in [-0.05, 0) is 46.3 Å². The molecule has 0 saturated carbocycles. The number of aliphatic hydroxyl groups excluding tert-OH is 1. The fourth-order valence-corrected chi connectivity index (χ4v) is 12.0. The average molecular weight is 1310 g/mol. The summed E-state index contributed by atoms with van der Waals surface area (Å²) in [6.07, 6.45) is 65.6. The molecule has 1 rings (SSSR count). The molecule has 0 bridgehead atoms. The monoisotopic (exact) mass is 1310 g/mol. The van der Waals surface area contributed by atoms with Crippen molar-refractivity contribution in [2.24, 2.45) is 0 Å². The van der Waals surface area contributed by atoms with Gasteiger partial charge in [-0.25, -0.2) is 0 Å². The zero-order valence-electron chi connectivity index (χ0n) is 60.5. The minimum Gasteiger partial charge on any atom is -0.382 e. The van der Waals surface area contributed by atoms with E-state index in [0.717, 1.165) is 93.1 Å². The van der Waals surface area contributed by atoms with Crippen LogP contribution in [-0.2, 0) is 19.1 Å². The molecule has 1 heterocycles. The molecule has 536 valence electrons. The lowest BCUT2D eigenvalue weighted by atomic mass is 10.0. The maximum absolute atomic E-state index is 12.4. The van der Waals surface area contributed by atoms with Crippen molar-refractivity contribution in [1.82, 2.24) is 20.9 Å². The largest absolute Gasteiger partial charge is 0.382 e. The van der Waals surface area contributed by atoms with Crippen LogP contribution in [0, 0.1) is 0 Å². The van der Waals surface area contributed by atoms with Crippen molar-refractivity contribution in [2.45, 2.75) is 368 Å². The molecule has 89 heavy (non-hydrogen) atoms. The average Bonchev–Trinajstić information content (AvgIpc) is 3.65. The summed E-state index contributed by atoms with van der Waals surface area (Å²) >= 11 is 5.27. The zero-order valence-corrected chi connectivity index (χ0v) is 62.1. The first-order chi connectivity index (χ1) is 42.1. The van der Waals surface area contributed by atoms with E-state index in [2.05, 4.69) is 83.9 Å². The van der Waals surface area contributed by atoms with E-state index in [0.29, 0.717) is 57.4 Å². The fourth-order valence-electron chi connectivity index (χ4n) is 11.9. The van der Waals surface area contributed by atoms with Gasteiger partial charge in [0, 0.05) is 51.7 Å². The van der Waals surface area contributed by atoms with Gasteiger partial charge in [-0.3, -0.25) is 14.4 Å². The lowest BCUT2D eigenvalue weighted by Crippen LogP contribution is -2.53. The molecule has 0 aliphatic carbocycles. The van der Waals surface area contributed by atoms with E-state index >= 15 is 0 Å². The van der Waals surface area contributed by atoms with Gasteiger partial charge in [-0.1, -0.05) is 298 Å². The molecule has 1 fully saturated rings. The van der Waals surface area contributed by atoms with E-state index in [1.807, 2.05) is 0 Å². The van der Waals surface area contributed by atoms with Gasteiger partial charge in [-0.2, -0.15) is 0 Å². The van der Waals surface area contributed by atoms with Crippen molar-refractivity contribution >= 4 is 41.7 Å². The van der Waals surface area contributed by atoms with E-state index in [4.69, 9.17) is 16.3 Å². The van der Waals surface area contributed by atoms with Gasteiger partial charge in [0.2, 0.25) is 17.7 Å². The number of quaternary nitrogens is 2. The van der Waals surface area contributed by atoms with Gasteiger partial charge in [-0.15, -0.1) is 24.0 Å². The number of aliphatic hydroxyl groups is 1. The molecule has 0 radical (unpaired) electrons. The molecule has 4 N–H and O–H groups in total. The van der Waals surface area contributed by atoms with Gasteiger partial charge < -0.3 is 39.7 Å². The second-order valence-corrected chi connectivity index (χ2v) is 28.8. The zero-order chi connectivity index (χ0) is 64.4. The number of hydrogen-bond acceptors (Lipinski definition) is 6. The summed E-state index contributed by atoms with van der Waals surface area (Å²) in [5.74, 6) is 1.27. The van der Waals surface area contributed by atoms with E-state index in [1.54, 1.807) is 0 Å². The predicted molar refractivity (Wildman–Crippen MR) is 394 cm³/mol. The molecule has 0 spiro atoms. The SMILES string of the molecule is C.CCCCCCCCCCCCCCCCCC(=O)NCCCN(C)C.CCCCCCCCCCCCCCCCCC(=O)NCCC[N+](C)(C)CC(O)C[N+](C)(C)CCCNC(=O)CCCCCCCCCCCCCCCCC.Cl.ClCC1CO1. The van der Waals surface area contributed by atoms with Gasteiger partial charge in [0.25, 0.3) is 0 Å². The smallest absolute Gasteiger partial charge is 0.219 e. The third-order valence-corrected chi connectivity index (χ3v) is 18.0. The standard InChI is InChI=1S/C49H100N4O3.C23H48N2O.C3H5ClO.CH4.ClH/c1-7-9-11-13-15-17-19-21-23-25-27-29-31-33-35-39-48(55)50-41-37-43-52(3,4)45-47(54)46-53(5,6)44-38-42-51-49(56)40-36-34-32-30-28-26-24-22-20-18-16-14-12-10-8-2;1-4-5-6-7-8-9-10-11-12-13-14-15-16-17-18-20-23(26)24-21-19-22-25(2)3;4-1-3-2-5-3;;/h47,54H,7-46H2,1-6H3;4-22H2,1-3H3,(H,24,26);3H,1-2H2;1H4;1H/p+2. The molecule has 1 aliphatic rings. The fraction of sp³-hybridized carbons (Fsp3) is 0.961. The minimum atomic E-state index is -0.389. The Balaban J connectivity index is -0.000000902. The van der Waals surface area contributed by atoms with Crippen LogP contribution in [0.1, 0.15) is 356 Å². The van der Waals surface area contributed by atoms with Gasteiger partial charge in [0.1, 0.15) is 13.1 Å². The van der Waals surface area contributed by atoms with E-state index in [-0.39, 0.29) is 43.7 Å². The van der Waals surface area contributed by atoms with E-state index in [1.165, 1.54) is 257 Å². The first-order valence-electron chi connectivity index (χ1n) is 38.1. The van der Waals surface area contributed by atoms with Crippen LogP contribution in [0.15, 0.2) is 0 Å². The van der Waals surface area contributed by atoms with Crippen LogP contribution in [0.4, 0.5) is 0 Å². The molecule has 13 heteroatoms. The van der Waals surface area contributed by atoms with Crippen molar-refractivity contribution in [3.05, 3.63) is 0 Å². The number of unbranched alkanes of at least 4 members (excludes halogenated alkanes) is 42. The van der Waals surface area contributed by atoms with Crippen molar-refractivity contribution < 1.29 is 33.2 Å². The number of hydrogen-bond donors (Lipinski definition) is 4. The molecular formula is C76H160Cl2N6O5+2. The number of rotatable bonds is 65. The van der Waals surface area contributed by atoms with E-state index in [9.17, 15) is 19.5 Å². The number of carbonyl (C=O) groups is 3. The molecule has 1 saturated heterocycles. The van der Waals surface area contributed by atoms with Gasteiger partial charge in [0.05, 0.1) is 59.9 Å². The number of alkyl halides is 1. The highest BCUT2D eigenvalue weighted by Crippen LogP contribution is 2.18. The normalized spacial score (nSPS) is 12.8. The number of carbonyl (C=O) groups excluding carboxylic acids is 3. The Labute approximate surface area is 567 Å². The molecule has 0 aromatic carbocycles. The molecule has 1 unspecified atom stereocenters. The van der Waals surface area contributed by atoms with Crippen molar-refractivity contribution in [1.29, 1.82) is 0 Å². The topological polar surface area (TPSA) is 123 Å². The highest BCUT2D eigenvalue weighted by atomic mass is 35.5. The number of amides is 3. The Morgan fingerprint density at radius 3 is 0.820 bits per heavy atom. The number of nitrogens with zero attached hydrogens (tertiary/aromatic N) is 3. The summed E-state index contributed by atoms with van der Waals surface area (Å²) in [6.45, 7) is 14.3. The Hall–Kier alpha value is -1.21.